The highest BCUT2D eigenvalue weighted by Gasteiger charge is 2.18. The Morgan fingerprint density at radius 2 is 1.76 bits per heavy atom. The fourth-order valence-corrected chi connectivity index (χ4v) is 2.36. The van der Waals surface area contributed by atoms with Crippen LogP contribution in [0.25, 0.3) is 0 Å². The summed E-state index contributed by atoms with van der Waals surface area (Å²) in [7, 11) is 0. The second-order valence-corrected chi connectivity index (χ2v) is 6.03. The molecule has 0 aromatic heterocycles. The molecule has 1 atom stereocenters. The summed E-state index contributed by atoms with van der Waals surface area (Å²) >= 11 is 0. The maximum atomic E-state index is 12.3. The maximum absolute atomic E-state index is 12.3. The number of benzene rings is 1. The summed E-state index contributed by atoms with van der Waals surface area (Å²) < 4.78 is 4.85. The molecule has 0 saturated carbocycles. The Labute approximate surface area is 148 Å². The molecule has 25 heavy (non-hydrogen) atoms. The highest BCUT2D eigenvalue weighted by molar-refractivity contribution is 5.98. The molecule has 0 aliphatic rings. The lowest BCUT2D eigenvalue weighted by atomic mass is 10.0. The van der Waals surface area contributed by atoms with Crippen molar-refractivity contribution in [2.24, 2.45) is 0 Å². The lowest BCUT2D eigenvalue weighted by Crippen LogP contribution is -2.38. The van der Waals surface area contributed by atoms with Gasteiger partial charge in [-0.15, -0.1) is 0 Å². The van der Waals surface area contributed by atoms with Gasteiger partial charge in [-0.3, -0.25) is 14.4 Å². The van der Waals surface area contributed by atoms with Crippen LogP contribution in [0.15, 0.2) is 24.3 Å². The van der Waals surface area contributed by atoms with Crippen molar-refractivity contribution < 1.29 is 24.2 Å². The predicted octanol–water partition coefficient (Wildman–Crippen LogP) is 2.12. The third-order valence-electron chi connectivity index (χ3n) is 3.67. The van der Waals surface area contributed by atoms with E-state index in [-0.39, 0.29) is 56.6 Å². The Morgan fingerprint density at radius 1 is 1.12 bits per heavy atom. The number of aliphatic hydroxyl groups excluding tert-OH is 1. The van der Waals surface area contributed by atoms with Crippen molar-refractivity contribution in [3.63, 3.8) is 0 Å². The molecular formula is C19H27NO5. The maximum Gasteiger partial charge on any atom is 0.307 e. The quantitative estimate of drug-likeness (QED) is 0.517. The first-order valence-electron chi connectivity index (χ1n) is 8.54. The van der Waals surface area contributed by atoms with Crippen LogP contribution < -0.4 is 0 Å². The number of carbonyl (C=O) groups is 3. The van der Waals surface area contributed by atoms with E-state index in [2.05, 4.69) is 0 Å². The van der Waals surface area contributed by atoms with E-state index in [1.54, 1.807) is 26.0 Å². The first kappa shape index (κ1) is 20.8. The van der Waals surface area contributed by atoms with Gasteiger partial charge in [0.05, 0.1) is 19.1 Å². The monoisotopic (exact) mass is 349 g/mol. The Kier molecular flexibility index (Phi) is 8.84. The number of nitrogens with zero attached hydrogens (tertiary/aromatic N) is 1. The van der Waals surface area contributed by atoms with Gasteiger partial charge in [-0.05, 0) is 20.8 Å². The molecule has 1 unspecified atom stereocenters. The minimum absolute atomic E-state index is 0.0439. The van der Waals surface area contributed by atoms with E-state index in [9.17, 15) is 19.5 Å². The van der Waals surface area contributed by atoms with Gasteiger partial charge in [0.2, 0.25) is 5.91 Å². The Morgan fingerprint density at radius 3 is 2.32 bits per heavy atom. The zero-order valence-electron chi connectivity index (χ0n) is 15.2. The molecule has 138 valence electrons. The molecule has 6 heteroatoms. The normalized spacial score (nSPS) is 11.7. The summed E-state index contributed by atoms with van der Waals surface area (Å²) in [5, 5.41) is 9.54. The topological polar surface area (TPSA) is 83.9 Å². The molecule has 1 N–H and O–H groups in total. The smallest absolute Gasteiger partial charge is 0.307 e. The van der Waals surface area contributed by atoms with Gasteiger partial charge in [0, 0.05) is 31.5 Å². The Bertz CT molecular complexity index is 580. The van der Waals surface area contributed by atoms with Gasteiger partial charge >= 0.3 is 5.97 Å². The van der Waals surface area contributed by atoms with Crippen LogP contribution in [-0.4, -0.2) is 53.5 Å². The van der Waals surface area contributed by atoms with E-state index in [4.69, 9.17) is 4.74 Å². The number of hydrogen-bond donors (Lipinski definition) is 1. The van der Waals surface area contributed by atoms with E-state index < -0.39 is 6.10 Å². The lowest BCUT2D eigenvalue weighted by molar-refractivity contribution is -0.144. The minimum Gasteiger partial charge on any atom is -0.466 e. The fraction of sp³-hybridized carbons (Fsp3) is 0.526. The third kappa shape index (κ3) is 7.94. The summed E-state index contributed by atoms with van der Waals surface area (Å²) in [6, 6.07) is 7.20. The van der Waals surface area contributed by atoms with E-state index >= 15 is 0 Å². The summed E-state index contributed by atoms with van der Waals surface area (Å²) in [6.45, 7) is 5.80. The SMILES string of the molecule is CCOC(=O)CCN(CC(C)O)C(=O)CCC(=O)c1ccc(C)cc1. The molecule has 0 fully saturated rings. The number of ketones is 1. The standard InChI is InChI=1S/C19H27NO5/c1-4-25-19(24)11-12-20(13-15(3)21)18(23)10-9-17(22)16-7-5-14(2)6-8-16/h5-8,15,21H,4,9-13H2,1-3H3. The van der Waals surface area contributed by atoms with Gasteiger partial charge in [0.15, 0.2) is 5.78 Å². The van der Waals surface area contributed by atoms with Crippen molar-refractivity contribution in [1.82, 2.24) is 4.90 Å². The predicted molar refractivity (Wildman–Crippen MR) is 94.3 cm³/mol. The number of aliphatic hydroxyl groups is 1. The van der Waals surface area contributed by atoms with Crippen LogP contribution in [0.5, 0.6) is 0 Å². The van der Waals surface area contributed by atoms with Crippen molar-refractivity contribution in [3.05, 3.63) is 35.4 Å². The van der Waals surface area contributed by atoms with Crippen molar-refractivity contribution in [2.75, 3.05) is 19.7 Å². The van der Waals surface area contributed by atoms with Crippen LogP contribution >= 0.6 is 0 Å². The summed E-state index contributed by atoms with van der Waals surface area (Å²) in [5.74, 6) is -0.747. The van der Waals surface area contributed by atoms with Gasteiger partial charge < -0.3 is 14.7 Å². The van der Waals surface area contributed by atoms with Gasteiger partial charge in [0.25, 0.3) is 0 Å². The van der Waals surface area contributed by atoms with E-state index in [0.717, 1.165) is 5.56 Å². The van der Waals surface area contributed by atoms with E-state index in [1.807, 2.05) is 19.1 Å². The second kappa shape index (κ2) is 10.6. The molecule has 0 saturated heterocycles. The van der Waals surface area contributed by atoms with E-state index in [1.165, 1.54) is 4.90 Å². The number of carbonyl (C=O) groups excluding carboxylic acids is 3. The van der Waals surface area contributed by atoms with Crippen LogP contribution in [0.2, 0.25) is 0 Å². The van der Waals surface area contributed by atoms with Crippen molar-refractivity contribution in [2.45, 2.75) is 46.1 Å². The summed E-state index contributed by atoms with van der Waals surface area (Å²) in [4.78, 5) is 37.4. The molecule has 1 amide bonds. The molecule has 0 aliphatic carbocycles. The largest absolute Gasteiger partial charge is 0.466 e. The highest BCUT2D eigenvalue weighted by atomic mass is 16.5. The van der Waals surface area contributed by atoms with Crippen LogP contribution in [0.4, 0.5) is 0 Å². The number of rotatable bonds is 10. The van der Waals surface area contributed by atoms with Crippen molar-refractivity contribution >= 4 is 17.7 Å². The number of amides is 1. The Balaban J connectivity index is 2.57. The molecule has 0 bridgehead atoms. The molecule has 0 spiro atoms. The zero-order chi connectivity index (χ0) is 18.8. The average molecular weight is 349 g/mol. The Hall–Kier alpha value is -2.21. The molecule has 6 nitrogen and oxygen atoms in total. The zero-order valence-corrected chi connectivity index (χ0v) is 15.2. The van der Waals surface area contributed by atoms with Gasteiger partial charge in [-0.1, -0.05) is 29.8 Å². The number of ether oxygens (including phenoxy) is 1. The first-order valence-corrected chi connectivity index (χ1v) is 8.54. The molecule has 1 aromatic carbocycles. The third-order valence-corrected chi connectivity index (χ3v) is 3.67. The van der Waals surface area contributed by atoms with Gasteiger partial charge in [-0.2, -0.15) is 0 Å². The molecule has 0 aliphatic heterocycles. The number of esters is 1. The lowest BCUT2D eigenvalue weighted by Gasteiger charge is -2.23. The molecule has 0 radical (unpaired) electrons. The van der Waals surface area contributed by atoms with Gasteiger partial charge in [-0.25, -0.2) is 0 Å². The number of aryl methyl sites for hydroxylation is 1. The average Bonchev–Trinajstić information content (AvgIpc) is 2.56. The minimum atomic E-state index is -0.709. The fourth-order valence-electron chi connectivity index (χ4n) is 2.36. The molecule has 1 aromatic rings. The number of hydrogen-bond acceptors (Lipinski definition) is 5. The van der Waals surface area contributed by atoms with Crippen LogP contribution in [0, 0.1) is 6.92 Å². The highest BCUT2D eigenvalue weighted by Crippen LogP contribution is 2.09. The van der Waals surface area contributed by atoms with Crippen molar-refractivity contribution in [3.8, 4) is 0 Å². The van der Waals surface area contributed by atoms with Crippen molar-refractivity contribution in [1.29, 1.82) is 0 Å². The van der Waals surface area contributed by atoms with Crippen LogP contribution in [-0.2, 0) is 14.3 Å². The van der Waals surface area contributed by atoms with Crippen LogP contribution in [0.3, 0.4) is 0 Å². The van der Waals surface area contributed by atoms with Gasteiger partial charge in [0.1, 0.15) is 0 Å². The van der Waals surface area contributed by atoms with Crippen LogP contribution in [0.1, 0.15) is 49.0 Å². The van der Waals surface area contributed by atoms with E-state index in [0.29, 0.717) is 5.56 Å². The molecule has 1 rings (SSSR count). The summed E-state index contributed by atoms with van der Waals surface area (Å²) in [5.41, 5.74) is 1.64. The summed E-state index contributed by atoms with van der Waals surface area (Å²) in [6.07, 6.45) is -0.503. The second-order valence-electron chi connectivity index (χ2n) is 6.03. The number of Topliss-reactive ketones (excluding diaryl/α,β-unsaturated/α-hetero) is 1. The molecular weight excluding hydrogens is 322 g/mol. The first-order chi connectivity index (χ1) is 11.8. The molecule has 0 heterocycles.